The Kier molecular flexibility index (Phi) is 5.74. The van der Waals surface area contributed by atoms with Crippen LogP contribution in [0.4, 0.5) is 0 Å². The zero-order valence-corrected chi connectivity index (χ0v) is 12.9. The van der Waals surface area contributed by atoms with Crippen molar-refractivity contribution in [2.75, 3.05) is 19.9 Å². The second-order valence-corrected chi connectivity index (χ2v) is 6.73. The fourth-order valence-electron chi connectivity index (χ4n) is 2.90. The molecule has 3 heteroatoms. The lowest BCUT2D eigenvalue weighted by Crippen LogP contribution is -2.34. The van der Waals surface area contributed by atoms with Crippen molar-refractivity contribution in [3.05, 3.63) is 35.4 Å². The van der Waals surface area contributed by atoms with E-state index in [4.69, 9.17) is 4.74 Å². The van der Waals surface area contributed by atoms with Gasteiger partial charge in [0.2, 0.25) is 0 Å². The van der Waals surface area contributed by atoms with E-state index >= 15 is 0 Å². The number of hydrogen-bond acceptors (Lipinski definition) is 3. The third-order valence-corrected chi connectivity index (χ3v) is 5.45. The van der Waals surface area contributed by atoms with Crippen LogP contribution >= 0.6 is 11.8 Å². The van der Waals surface area contributed by atoms with Gasteiger partial charge in [0, 0.05) is 24.9 Å². The summed E-state index contributed by atoms with van der Waals surface area (Å²) < 4.78 is 5.67. The summed E-state index contributed by atoms with van der Waals surface area (Å²) in [5, 5.41) is 3.64. The van der Waals surface area contributed by atoms with Crippen molar-refractivity contribution in [2.24, 2.45) is 0 Å². The second kappa shape index (κ2) is 7.32. The lowest BCUT2D eigenvalue weighted by molar-refractivity contribution is 0.185. The number of thioether (sulfide) groups is 1. The summed E-state index contributed by atoms with van der Waals surface area (Å²) in [5.74, 6) is 0. The lowest BCUT2D eigenvalue weighted by atomic mass is 10.1. The fraction of sp³-hybridized carbons (Fsp3) is 0.625. The molecule has 0 unspecified atom stereocenters. The standard InChI is InChI=1S/C16H25NOS/c1-18-12-15-7-5-6-14(10-15)11-17-13-16(19-2)8-3-4-9-16/h5-7,10,17H,3-4,8-9,11-13H2,1-2H3. The van der Waals surface area contributed by atoms with Crippen molar-refractivity contribution < 1.29 is 4.74 Å². The van der Waals surface area contributed by atoms with Crippen LogP contribution in [0.2, 0.25) is 0 Å². The van der Waals surface area contributed by atoms with E-state index in [9.17, 15) is 0 Å². The highest BCUT2D eigenvalue weighted by molar-refractivity contribution is 8.00. The molecule has 1 fully saturated rings. The van der Waals surface area contributed by atoms with Gasteiger partial charge in [-0.25, -0.2) is 0 Å². The van der Waals surface area contributed by atoms with E-state index in [0.29, 0.717) is 11.4 Å². The fourth-order valence-corrected chi connectivity index (χ4v) is 3.85. The van der Waals surface area contributed by atoms with E-state index in [-0.39, 0.29) is 0 Å². The first-order valence-corrected chi connectivity index (χ1v) is 8.33. The molecule has 0 amide bonds. The highest BCUT2D eigenvalue weighted by Gasteiger charge is 2.32. The minimum absolute atomic E-state index is 0.490. The topological polar surface area (TPSA) is 21.3 Å². The Hall–Kier alpha value is -0.510. The monoisotopic (exact) mass is 279 g/mol. The first-order chi connectivity index (χ1) is 9.28. The first-order valence-electron chi connectivity index (χ1n) is 7.11. The smallest absolute Gasteiger partial charge is 0.0713 e. The molecule has 0 radical (unpaired) electrons. The van der Waals surface area contributed by atoms with E-state index in [1.54, 1.807) is 7.11 Å². The molecule has 0 bridgehead atoms. The van der Waals surface area contributed by atoms with Crippen molar-refractivity contribution in [3.63, 3.8) is 0 Å². The molecule has 2 nitrogen and oxygen atoms in total. The number of methoxy groups -OCH3 is 1. The Labute approximate surface area is 121 Å². The van der Waals surface area contributed by atoms with Gasteiger partial charge < -0.3 is 10.1 Å². The number of nitrogens with one attached hydrogen (secondary N) is 1. The Balaban J connectivity index is 1.83. The summed E-state index contributed by atoms with van der Waals surface area (Å²) in [5.41, 5.74) is 2.60. The van der Waals surface area contributed by atoms with Crippen molar-refractivity contribution in [1.82, 2.24) is 5.32 Å². The van der Waals surface area contributed by atoms with Crippen molar-refractivity contribution >= 4 is 11.8 Å². The number of ether oxygens (including phenoxy) is 1. The predicted molar refractivity (Wildman–Crippen MR) is 83.6 cm³/mol. The summed E-state index contributed by atoms with van der Waals surface area (Å²) in [4.78, 5) is 0. The van der Waals surface area contributed by atoms with Gasteiger partial charge in [0.15, 0.2) is 0 Å². The maximum absolute atomic E-state index is 5.18. The Morgan fingerprint density at radius 3 is 2.68 bits per heavy atom. The van der Waals surface area contributed by atoms with Crippen LogP contribution in [0.3, 0.4) is 0 Å². The third-order valence-electron chi connectivity index (χ3n) is 4.03. The van der Waals surface area contributed by atoms with E-state index in [1.165, 1.54) is 36.8 Å². The minimum atomic E-state index is 0.490. The zero-order valence-electron chi connectivity index (χ0n) is 12.1. The number of rotatable bonds is 7. The molecule has 106 valence electrons. The molecular formula is C16H25NOS. The van der Waals surface area contributed by atoms with Gasteiger partial charge in [0.1, 0.15) is 0 Å². The van der Waals surface area contributed by atoms with Crippen LogP contribution in [0.5, 0.6) is 0 Å². The minimum Gasteiger partial charge on any atom is -0.380 e. The molecular weight excluding hydrogens is 254 g/mol. The van der Waals surface area contributed by atoms with Gasteiger partial charge in [-0.2, -0.15) is 11.8 Å². The average Bonchev–Trinajstić information content (AvgIpc) is 2.89. The normalized spacial score (nSPS) is 17.8. The average molecular weight is 279 g/mol. The van der Waals surface area contributed by atoms with Crippen molar-refractivity contribution in [1.29, 1.82) is 0 Å². The summed E-state index contributed by atoms with van der Waals surface area (Å²) in [7, 11) is 1.74. The van der Waals surface area contributed by atoms with Gasteiger partial charge in [-0.05, 0) is 30.2 Å². The summed E-state index contributed by atoms with van der Waals surface area (Å²) in [6.07, 6.45) is 7.78. The molecule has 0 atom stereocenters. The second-order valence-electron chi connectivity index (χ2n) is 5.45. The number of benzene rings is 1. The van der Waals surface area contributed by atoms with Crippen LogP contribution in [0, 0.1) is 0 Å². The molecule has 1 N–H and O–H groups in total. The van der Waals surface area contributed by atoms with Crippen LogP contribution in [0.1, 0.15) is 36.8 Å². The van der Waals surface area contributed by atoms with E-state index < -0.39 is 0 Å². The molecule has 1 aromatic rings. The molecule has 19 heavy (non-hydrogen) atoms. The summed E-state index contributed by atoms with van der Waals surface area (Å²) >= 11 is 2.04. The van der Waals surface area contributed by atoms with Gasteiger partial charge >= 0.3 is 0 Å². The summed E-state index contributed by atoms with van der Waals surface area (Å²) in [6.45, 7) is 2.78. The van der Waals surface area contributed by atoms with Gasteiger partial charge in [-0.1, -0.05) is 37.1 Å². The van der Waals surface area contributed by atoms with Crippen LogP contribution in [-0.4, -0.2) is 24.7 Å². The molecule has 1 aromatic carbocycles. The third kappa shape index (κ3) is 4.23. The highest BCUT2D eigenvalue weighted by atomic mass is 32.2. The van der Waals surface area contributed by atoms with E-state index in [1.807, 2.05) is 11.8 Å². The Morgan fingerprint density at radius 1 is 1.26 bits per heavy atom. The lowest BCUT2D eigenvalue weighted by Gasteiger charge is -2.27. The van der Waals surface area contributed by atoms with Crippen molar-refractivity contribution in [2.45, 2.75) is 43.6 Å². The highest BCUT2D eigenvalue weighted by Crippen LogP contribution is 2.39. The molecule has 0 spiro atoms. The predicted octanol–water partition coefficient (Wildman–Crippen LogP) is 3.60. The van der Waals surface area contributed by atoms with Crippen LogP contribution in [0.25, 0.3) is 0 Å². The SMILES string of the molecule is COCc1cccc(CNCC2(SC)CCCC2)c1. The molecule has 0 heterocycles. The Bertz CT molecular complexity index is 388. The summed E-state index contributed by atoms with van der Waals surface area (Å²) in [6, 6.07) is 8.65. The van der Waals surface area contributed by atoms with Crippen LogP contribution in [-0.2, 0) is 17.9 Å². The van der Waals surface area contributed by atoms with Gasteiger partial charge in [0.25, 0.3) is 0 Å². The quantitative estimate of drug-likeness (QED) is 0.824. The van der Waals surface area contributed by atoms with Crippen molar-refractivity contribution in [3.8, 4) is 0 Å². The maximum atomic E-state index is 5.18. The van der Waals surface area contributed by atoms with Gasteiger partial charge in [0.05, 0.1) is 6.61 Å². The van der Waals surface area contributed by atoms with Crippen LogP contribution in [0.15, 0.2) is 24.3 Å². The van der Waals surface area contributed by atoms with Gasteiger partial charge in [-0.15, -0.1) is 0 Å². The molecule has 0 aliphatic heterocycles. The molecule has 1 saturated carbocycles. The molecule has 1 aliphatic rings. The Morgan fingerprint density at radius 2 is 2.00 bits per heavy atom. The van der Waals surface area contributed by atoms with E-state index in [0.717, 1.165) is 13.1 Å². The number of hydrogen-bond donors (Lipinski definition) is 1. The molecule has 0 aromatic heterocycles. The van der Waals surface area contributed by atoms with E-state index in [2.05, 4.69) is 35.8 Å². The van der Waals surface area contributed by atoms with Crippen LogP contribution < -0.4 is 5.32 Å². The molecule has 0 saturated heterocycles. The maximum Gasteiger partial charge on any atom is 0.0713 e. The molecule has 2 rings (SSSR count). The van der Waals surface area contributed by atoms with Gasteiger partial charge in [-0.3, -0.25) is 0 Å². The molecule has 1 aliphatic carbocycles. The first kappa shape index (κ1) is 14.9. The zero-order chi connectivity index (χ0) is 13.6. The largest absolute Gasteiger partial charge is 0.380 e.